The SMILES string of the molecule is CC(C)C(N)CCN(C)S(=O)(=O)N(C)C. The van der Waals surface area contributed by atoms with Gasteiger partial charge in [0.15, 0.2) is 0 Å². The molecule has 2 N–H and O–H groups in total. The normalized spacial score (nSPS) is 15.3. The number of rotatable bonds is 6. The van der Waals surface area contributed by atoms with E-state index in [1.54, 1.807) is 7.05 Å². The third kappa shape index (κ3) is 4.46. The van der Waals surface area contributed by atoms with Crippen LogP contribution in [-0.2, 0) is 10.2 Å². The Hall–Kier alpha value is -0.170. The summed E-state index contributed by atoms with van der Waals surface area (Å²) >= 11 is 0. The second kappa shape index (κ2) is 5.79. The summed E-state index contributed by atoms with van der Waals surface area (Å²) in [5.74, 6) is 0.375. The third-order valence-electron chi connectivity index (χ3n) is 2.49. The van der Waals surface area contributed by atoms with Crippen molar-refractivity contribution < 1.29 is 8.42 Å². The summed E-state index contributed by atoms with van der Waals surface area (Å²) in [5.41, 5.74) is 5.85. The van der Waals surface area contributed by atoms with E-state index in [1.165, 1.54) is 22.7 Å². The highest BCUT2D eigenvalue weighted by Gasteiger charge is 2.21. The molecule has 0 radical (unpaired) electrons. The van der Waals surface area contributed by atoms with Crippen LogP contribution in [0.15, 0.2) is 0 Å². The average molecular weight is 237 g/mol. The van der Waals surface area contributed by atoms with Crippen LogP contribution in [0, 0.1) is 5.92 Å². The Morgan fingerprint density at radius 3 is 2.00 bits per heavy atom. The Morgan fingerprint density at radius 1 is 1.20 bits per heavy atom. The van der Waals surface area contributed by atoms with Crippen molar-refractivity contribution in [2.45, 2.75) is 26.3 Å². The van der Waals surface area contributed by atoms with E-state index in [1.807, 2.05) is 13.8 Å². The topological polar surface area (TPSA) is 66.6 Å². The molecule has 92 valence electrons. The van der Waals surface area contributed by atoms with Crippen LogP contribution in [0.4, 0.5) is 0 Å². The summed E-state index contributed by atoms with van der Waals surface area (Å²) in [6.45, 7) is 4.52. The van der Waals surface area contributed by atoms with E-state index in [4.69, 9.17) is 5.73 Å². The molecule has 0 aromatic carbocycles. The van der Waals surface area contributed by atoms with Gasteiger partial charge in [-0.1, -0.05) is 13.8 Å². The predicted molar refractivity (Wildman–Crippen MR) is 62.7 cm³/mol. The summed E-state index contributed by atoms with van der Waals surface area (Å²) in [5, 5.41) is 0. The first-order valence-electron chi connectivity index (χ1n) is 5.09. The van der Waals surface area contributed by atoms with Crippen molar-refractivity contribution in [3.63, 3.8) is 0 Å². The summed E-state index contributed by atoms with van der Waals surface area (Å²) in [6.07, 6.45) is 0.682. The summed E-state index contributed by atoms with van der Waals surface area (Å²) in [7, 11) is 1.33. The van der Waals surface area contributed by atoms with Crippen LogP contribution in [-0.4, -0.2) is 50.8 Å². The Balaban J connectivity index is 4.22. The zero-order chi connectivity index (χ0) is 12.2. The first kappa shape index (κ1) is 14.8. The van der Waals surface area contributed by atoms with Crippen molar-refractivity contribution in [3.8, 4) is 0 Å². The lowest BCUT2D eigenvalue weighted by molar-refractivity contribution is 0.376. The van der Waals surface area contributed by atoms with Crippen LogP contribution < -0.4 is 5.73 Å². The third-order valence-corrected chi connectivity index (χ3v) is 4.38. The Morgan fingerprint density at radius 2 is 1.67 bits per heavy atom. The highest BCUT2D eigenvalue weighted by molar-refractivity contribution is 7.86. The standard InChI is InChI=1S/C9H23N3O2S/c1-8(2)9(10)6-7-12(5)15(13,14)11(3)4/h8-9H,6-7,10H2,1-5H3. The van der Waals surface area contributed by atoms with Gasteiger partial charge in [0, 0.05) is 33.7 Å². The van der Waals surface area contributed by atoms with Gasteiger partial charge in [0.1, 0.15) is 0 Å². The number of nitrogens with zero attached hydrogens (tertiary/aromatic N) is 2. The van der Waals surface area contributed by atoms with E-state index in [0.717, 1.165) is 0 Å². The molecule has 0 saturated heterocycles. The zero-order valence-electron chi connectivity index (χ0n) is 10.3. The molecule has 0 aliphatic rings. The van der Waals surface area contributed by atoms with Crippen LogP contribution in [0.3, 0.4) is 0 Å². The lowest BCUT2D eigenvalue weighted by atomic mass is 10.0. The minimum absolute atomic E-state index is 0.0461. The molecule has 0 heterocycles. The molecule has 5 nitrogen and oxygen atoms in total. The quantitative estimate of drug-likeness (QED) is 0.712. The van der Waals surface area contributed by atoms with Crippen LogP contribution >= 0.6 is 0 Å². The second-order valence-electron chi connectivity index (χ2n) is 4.31. The van der Waals surface area contributed by atoms with E-state index in [2.05, 4.69) is 0 Å². The van der Waals surface area contributed by atoms with Gasteiger partial charge in [-0.2, -0.15) is 17.0 Å². The van der Waals surface area contributed by atoms with Crippen molar-refractivity contribution >= 4 is 10.2 Å². The summed E-state index contributed by atoms with van der Waals surface area (Å²) < 4.78 is 25.8. The van der Waals surface area contributed by atoms with E-state index in [9.17, 15) is 8.42 Å². The summed E-state index contributed by atoms with van der Waals surface area (Å²) in [6, 6.07) is 0.0461. The monoisotopic (exact) mass is 237 g/mol. The maximum atomic E-state index is 11.6. The van der Waals surface area contributed by atoms with Gasteiger partial charge in [-0.05, 0) is 12.3 Å². The molecule has 0 fully saturated rings. The van der Waals surface area contributed by atoms with E-state index >= 15 is 0 Å². The van der Waals surface area contributed by atoms with Gasteiger partial charge in [0.2, 0.25) is 0 Å². The maximum absolute atomic E-state index is 11.6. The van der Waals surface area contributed by atoms with E-state index < -0.39 is 10.2 Å². The minimum Gasteiger partial charge on any atom is -0.327 e. The Labute approximate surface area is 93.4 Å². The van der Waals surface area contributed by atoms with Gasteiger partial charge in [0.05, 0.1) is 0 Å². The van der Waals surface area contributed by atoms with Gasteiger partial charge in [0.25, 0.3) is 10.2 Å². The molecule has 0 saturated carbocycles. The van der Waals surface area contributed by atoms with Crippen LogP contribution in [0.2, 0.25) is 0 Å². The lowest BCUT2D eigenvalue weighted by Crippen LogP contribution is -2.40. The highest BCUT2D eigenvalue weighted by atomic mass is 32.2. The molecule has 0 spiro atoms. The maximum Gasteiger partial charge on any atom is 0.281 e. The van der Waals surface area contributed by atoms with E-state index in [-0.39, 0.29) is 6.04 Å². The zero-order valence-corrected chi connectivity index (χ0v) is 11.1. The largest absolute Gasteiger partial charge is 0.327 e. The molecule has 0 aromatic heterocycles. The lowest BCUT2D eigenvalue weighted by Gasteiger charge is -2.23. The van der Waals surface area contributed by atoms with Crippen molar-refractivity contribution in [1.29, 1.82) is 0 Å². The fraction of sp³-hybridized carbons (Fsp3) is 1.00. The summed E-state index contributed by atoms with van der Waals surface area (Å²) in [4.78, 5) is 0. The molecular formula is C9H23N3O2S. The highest BCUT2D eigenvalue weighted by Crippen LogP contribution is 2.07. The average Bonchev–Trinajstić information content (AvgIpc) is 2.12. The van der Waals surface area contributed by atoms with Crippen molar-refractivity contribution in [2.24, 2.45) is 11.7 Å². The molecule has 15 heavy (non-hydrogen) atoms. The molecule has 1 atom stereocenters. The van der Waals surface area contributed by atoms with Gasteiger partial charge < -0.3 is 5.73 Å². The molecule has 0 aliphatic carbocycles. The molecule has 0 bridgehead atoms. The number of nitrogens with two attached hydrogens (primary N) is 1. The predicted octanol–water partition coefficient (Wildman–Crippen LogP) is 0.0980. The van der Waals surface area contributed by atoms with Crippen LogP contribution in [0.1, 0.15) is 20.3 Å². The Bertz CT molecular complexity index is 275. The molecule has 0 aromatic rings. The number of hydrogen-bond donors (Lipinski definition) is 1. The van der Waals surface area contributed by atoms with Gasteiger partial charge in [-0.3, -0.25) is 0 Å². The van der Waals surface area contributed by atoms with Crippen molar-refractivity contribution in [3.05, 3.63) is 0 Å². The van der Waals surface area contributed by atoms with E-state index in [0.29, 0.717) is 18.9 Å². The first-order valence-corrected chi connectivity index (χ1v) is 6.48. The molecule has 1 unspecified atom stereocenters. The minimum atomic E-state index is -3.29. The van der Waals surface area contributed by atoms with Gasteiger partial charge in [-0.25, -0.2) is 0 Å². The second-order valence-corrected chi connectivity index (χ2v) is 6.56. The van der Waals surface area contributed by atoms with Crippen LogP contribution in [0.25, 0.3) is 0 Å². The smallest absolute Gasteiger partial charge is 0.281 e. The molecule has 6 heteroatoms. The molecular weight excluding hydrogens is 214 g/mol. The Kier molecular flexibility index (Phi) is 5.72. The van der Waals surface area contributed by atoms with Gasteiger partial charge >= 0.3 is 0 Å². The molecule has 0 aliphatic heterocycles. The fourth-order valence-corrected chi connectivity index (χ4v) is 1.95. The molecule has 0 amide bonds. The molecule has 0 rings (SSSR count). The number of hydrogen-bond acceptors (Lipinski definition) is 3. The fourth-order valence-electron chi connectivity index (χ4n) is 1.06. The first-order chi connectivity index (χ1) is 6.69. The van der Waals surface area contributed by atoms with Gasteiger partial charge in [-0.15, -0.1) is 0 Å². The van der Waals surface area contributed by atoms with Crippen LogP contribution in [0.5, 0.6) is 0 Å². The van der Waals surface area contributed by atoms with Crippen molar-refractivity contribution in [1.82, 2.24) is 8.61 Å². The van der Waals surface area contributed by atoms with Crippen molar-refractivity contribution in [2.75, 3.05) is 27.7 Å².